The van der Waals surface area contributed by atoms with Gasteiger partial charge >= 0.3 is 6.09 Å². The van der Waals surface area contributed by atoms with Crippen molar-refractivity contribution in [3.63, 3.8) is 0 Å². The van der Waals surface area contributed by atoms with Crippen LogP contribution in [-0.2, 0) is 35.2 Å². The van der Waals surface area contributed by atoms with Crippen LogP contribution in [0.15, 0.2) is 30.3 Å². The molecule has 1 aliphatic heterocycles. The number of likely N-dealkylation sites (tertiary alicyclic amines) is 1. The summed E-state index contributed by atoms with van der Waals surface area (Å²) in [7, 11) is 0. The number of hydrogen-bond donors (Lipinski definition) is 3. The Labute approximate surface area is 263 Å². The van der Waals surface area contributed by atoms with E-state index in [4.69, 9.17) is 14.2 Å². The Hall–Kier alpha value is -3.18. The highest BCUT2D eigenvalue weighted by Crippen LogP contribution is 2.22. The van der Waals surface area contributed by atoms with Crippen LogP contribution in [-0.4, -0.2) is 78.9 Å². The molecule has 0 bridgehead atoms. The van der Waals surface area contributed by atoms with Crippen LogP contribution >= 0.6 is 0 Å². The lowest BCUT2D eigenvalue weighted by Crippen LogP contribution is -2.59. The number of hydrogen-bond acceptors (Lipinski definition) is 7. The van der Waals surface area contributed by atoms with E-state index in [0.29, 0.717) is 45.4 Å². The number of ether oxygens (including phenoxy) is 3. The van der Waals surface area contributed by atoms with E-state index in [0.717, 1.165) is 12.0 Å². The second kappa shape index (κ2) is 19.3. The van der Waals surface area contributed by atoms with Crippen LogP contribution < -0.4 is 16.0 Å². The normalized spacial score (nSPS) is 17.0. The van der Waals surface area contributed by atoms with Crippen molar-refractivity contribution in [3.05, 3.63) is 35.9 Å². The largest absolute Gasteiger partial charge is 0.445 e. The van der Waals surface area contributed by atoms with E-state index in [1.165, 1.54) is 0 Å². The molecule has 0 saturated carbocycles. The maximum atomic E-state index is 13.9. The third-order valence-corrected chi connectivity index (χ3v) is 7.72. The average molecular weight is 619 g/mol. The van der Waals surface area contributed by atoms with Gasteiger partial charge in [0.05, 0.1) is 6.04 Å². The fourth-order valence-electron chi connectivity index (χ4n) is 5.23. The summed E-state index contributed by atoms with van der Waals surface area (Å²) in [6, 6.07) is 6.46. The maximum Gasteiger partial charge on any atom is 0.408 e. The van der Waals surface area contributed by atoms with Crippen LogP contribution in [0, 0.1) is 11.8 Å². The molecule has 11 nitrogen and oxygen atoms in total. The molecule has 3 N–H and O–H groups in total. The van der Waals surface area contributed by atoms with E-state index in [1.807, 2.05) is 78.8 Å². The number of carbonyl (C=O) groups excluding carboxylic acids is 4. The number of rotatable bonds is 18. The third kappa shape index (κ3) is 11.4. The van der Waals surface area contributed by atoms with Gasteiger partial charge in [0.1, 0.15) is 24.7 Å². The maximum absolute atomic E-state index is 13.9. The van der Waals surface area contributed by atoms with E-state index in [9.17, 15) is 19.2 Å². The van der Waals surface area contributed by atoms with E-state index in [-0.39, 0.29) is 30.3 Å². The summed E-state index contributed by atoms with van der Waals surface area (Å²) in [6.45, 7) is 14.8. The second-order valence-electron chi connectivity index (χ2n) is 11.9. The van der Waals surface area contributed by atoms with Gasteiger partial charge in [-0.25, -0.2) is 4.79 Å². The highest BCUT2D eigenvalue weighted by molar-refractivity contribution is 5.94. The summed E-state index contributed by atoms with van der Waals surface area (Å²) in [6.07, 6.45) is 1.81. The van der Waals surface area contributed by atoms with Crippen molar-refractivity contribution in [2.75, 3.05) is 19.8 Å². The van der Waals surface area contributed by atoms with Gasteiger partial charge in [0.2, 0.25) is 17.7 Å². The molecule has 0 spiro atoms. The summed E-state index contributed by atoms with van der Waals surface area (Å²) in [4.78, 5) is 55.1. The van der Waals surface area contributed by atoms with Gasteiger partial charge in [0.25, 0.3) is 0 Å². The predicted molar refractivity (Wildman–Crippen MR) is 168 cm³/mol. The van der Waals surface area contributed by atoms with Crippen LogP contribution in [0.3, 0.4) is 0 Å². The lowest BCUT2D eigenvalue weighted by Gasteiger charge is -2.34. The predicted octanol–water partition coefficient (Wildman–Crippen LogP) is 4.14. The van der Waals surface area contributed by atoms with Crippen LogP contribution in [0.4, 0.5) is 4.79 Å². The van der Waals surface area contributed by atoms with E-state index in [1.54, 1.807) is 4.90 Å². The molecule has 0 unspecified atom stereocenters. The van der Waals surface area contributed by atoms with Crippen molar-refractivity contribution >= 4 is 23.8 Å². The quantitative estimate of drug-likeness (QED) is 0.211. The van der Waals surface area contributed by atoms with Gasteiger partial charge in [-0.2, -0.15) is 0 Å². The molecular weight excluding hydrogens is 564 g/mol. The first-order chi connectivity index (χ1) is 21.0. The molecule has 1 fully saturated rings. The standard InChI is InChI=1S/C33H54N4O7/c1-8-11-18-25(34-33(41)44-21-24-16-13-12-14-17-24)29(38)35-27(22(4)5)31(40)37-20-15-19-26(37)30(39)36-28(23(6)7)32(42-9-2)43-10-3/h12-14,16-17,22-23,25-28,32H,8-11,15,18-21H2,1-7H3,(H,34,41)(H,35,38)(H,36,39)/t25-,26-,27-,28-/m0/s1. The first-order valence-corrected chi connectivity index (χ1v) is 16.1. The molecule has 4 amide bonds. The van der Waals surface area contributed by atoms with E-state index >= 15 is 0 Å². The van der Waals surface area contributed by atoms with Crippen molar-refractivity contribution in [1.29, 1.82) is 0 Å². The van der Waals surface area contributed by atoms with Crippen molar-refractivity contribution in [1.82, 2.24) is 20.9 Å². The first-order valence-electron chi connectivity index (χ1n) is 16.1. The number of carbonyl (C=O) groups is 4. The minimum Gasteiger partial charge on any atom is -0.445 e. The highest BCUT2D eigenvalue weighted by Gasteiger charge is 2.41. The zero-order valence-electron chi connectivity index (χ0n) is 27.6. The van der Waals surface area contributed by atoms with Crippen molar-refractivity contribution in [2.45, 2.75) is 118 Å². The number of unbranched alkanes of at least 4 members (excludes halogenated alkanes) is 1. The van der Waals surface area contributed by atoms with Crippen LogP contribution in [0.1, 0.15) is 86.1 Å². The molecule has 1 aromatic rings. The molecule has 0 radical (unpaired) electrons. The van der Waals surface area contributed by atoms with Gasteiger partial charge in [-0.1, -0.05) is 77.8 Å². The molecule has 2 rings (SSSR count). The van der Waals surface area contributed by atoms with Crippen LogP contribution in [0.2, 0.25) is 0 Å². The molecule has 0 aromatic heterocycles. The molecule has 248 valence electrons. The van der Waals surface area contributed by atoms with Crippen molar-refractivity contribution in [2.24, 2.45) is 11.8 Å². The zero-order valence-corrected chi connectivity index (χ0v) is 27.6. The minimum atomic E-state index is -0.873. The first kappa shape index (κ1) is 37.0. The van der Waals surface area contributed by atoms with E-state index < -0.39 is 42.5 Å². The molecule has 11 heteroatoms. The van der Waals surface area contributed by atoms with E-state index in [2.05, 4.69) is 16.0 Å². The number of amides is 4. The number of benzene rings is 1. The summed E-state index contributed by atoms with van der Waals surface area (Å²) in [5.74, 6) is -1.27. The minimum absolute atomic E-state index is 0.0299. The van der Waals surface area contributed by atoms with Crippen molar-refractivity contribution < 1.29 is 33.4 Å². The van der Waals surface area contributed by atoms with Crippen LogP contribution in [0.25, 0.3) is 0 Å². The number of nitrogens with zero attached hydrogens (tertiary/aromatic N) is 1. The highest BCUT2D eigenvalue weighted by atomic mass is 16.7. The van der Waals surface area contributed by atoms with Gasteiger partial charge in [-0.05, 0) is 50.5 Å². The molecule has 1 saturated heterocycles. The topological polar surface area (TPSA) is 135 Å². The number of alkyl carbamates (subject to hydrolysis) is 1. The fourth-order valence-corrected chi connectivity index (χ4v) is 5.23. The van der Waals surface area contributed by atoms with Gasteiger partial charge < -0.3 is 35.1 Å². The SMILES string of the molecule is CCCC[C@H](NC(=O)OCc1ccccc1)C(=O)N[C@H](C(=O)N1CCC[C@H]1C(=O)N[C@@H](C(C)C)C(OCC)OCC)C(C)C. The average Bonchev–Trinajstić information content (AvgIpc) is 3.49. The van der Waals surface area contributed by atoms with Gasteiger partial charge in [0.15, 0.2) is 6.29 Å². The Kier molecular flexibility index (Phi) is 16.2. The molecule has 1 aromatic carbocycles. The fraction of sp³-hybridized carbons (Fsp3) is 0.697. The van der Waals surface area contributed by atoms with Crippen LogP contribution in [0.5, 0.6) is 0 Å². The Morgan fingerprint density at radius 2 is 1.57 bits per heavy atom. The molecule has 0 aliphatic carbocycles. The summed E-state index contributed by atoms with van der Waals surface area (Å²) in [5, 5.41) is 8.64. The summed E-state index contributed by atoms with van der Waals surface area (Å²) in [5.41, 5.74) is 0.831. The summed E-state index contributed by atoms with van der Waals surface area (Å²) < 4.78 is 16.9. The van der Waals surface area contributed by atoms with Crippen molar-refractivity contribution in [3.8, 4) is 0 Å². The third-order valence-electron chi connectivity index (χ3n) is 7.72. The Balaban J connectivity index is 2.12. The smallest absolute Gasteiger partial charge is 0.408 e. The second-order valence-corrected chi connectivity index (χ2v) is 11.9. The van der Waals surface area contributed by atoms with Gasteiger partial charge in [-0.15, -0.1) is 0 Å². The molecule has 1 heterocycles. The zero-order chi connectivity index (χ0) is 32.6. The lowest BCUT2D eigenvalue weighted by molar-refractivity contribution is -0.166. The lowest BCUT2D eigenvalue weighted by atomic mass is 10.00. The molecule has 1 aliphatic rings. The monoisotopic (exact) mass is 618 g/mol. The van der Waals surface area contributed by atoms with Gasteiger partial charge in [-0.3, -0.25) is 14.4 Å². The molecule has 4 atom stereocenters. The Bertz CT molecular complexity index is 1030. The molecule has 44 heavy (non-hydrogen) atoms. The number of nitrogens with one attached hydrogen (secondary N) is 3. The Morgan fingerprint density at radius 1 is 0.909 bits per heavy atom. The van der Waals surface area contributed by atoms with Gasteiger partial charge in [0, 0.05) is 19.8 Å². The summed E-state index contributed by atoms with van der Waals surface area (Å²) >= 11 is 0. The molecular formula is C33H54N4O7. The Morgan fingerprint density at radius 3 is 2.14 bits per heavy atom.